The summed E-state index contributed by atoms with van der Waals surface area (Å²) in [6.07, 6.45) is 2.95. The zero-order valence-corrected chi connectivity index (χ0v) is 11.0. The third kappa shape index (κ3) is 3.12. The summed E-state index contributed by atoms with van der Waals surface area (Å²) in [6.45, 7) is 6.70. The Bertz CT molecular complexity index is 321. The van der Waals surface area contributed by atoms with Crippen molar-refractivity contribution in [1.82, 2.24) is 4.98 Å². The van der Waals surface area contributed by atoms with Crippen molar-refractivity contribution in [1.29, 1.82) is 0 Å². The molecule has 0 fully saturated rings. The molecule has 0 saturated heterocycles. The first-order valence-electron chi connectivity index (χ1n) is 5.95. The van der Waals surface area contributed by atoms with E-state index in [-0.39, 0.29) is 0 Å². The van der Waals surface area contributed by atoms with Gasteiger partial charge in [0.1, 0.15) is 0 Å². The summed E-state index contributed by atoms with van der Waals surface area (Å²) in [5.41, 5.74) is 1.12. The van der Waals surface area contributed by atoms with Gasteiger partial charge < -0.3 is 10.2 Å². The maximum Gasteiger partial charge on any atom is 0.151 e. The highest BCUT2D eigenvalue weighted by molar-refractivity contribution is 5.65. The Morgan fingerprint density at radius 1 is 1.38 bits per heavy atom. The molecule has 1 aromatic rings. The summed E-state index contributed by atoms with van der Waals surface area (Å²) in [5, 5.41) is 3.57. The molecule has 1 aromatic heterocycles. The van der Waals surface area contributed by atoms with E-state index in [4.69, 9.17) is 0 Å². The van der Waals surface area contributed by atoms with Crippen LogP contribution in [0.3, 0.4) is 0 Å². The van der Waals surface area contributed by atoms with E-state index >= 15 is 0 Å². The van der Waals surface area contributed by atoms with Crippen LogP contribution >= 0.6 is 0 Å². The van der Waals surface area contributed by atoms with E-state index in [9.17, 15) is 0 Å². The molecule has 3 nitrogen and oxygen atoms in total. The van der Waals surface area contributed by atoms with Gasteiger partial charge in [0, 0.05) is 26.3 Å². The molecule has 1 unspecified atom stereocenters. The third-order valence-electron chi connectivity index (χ3n) is 2.80. The van der Waals surface area contributed by atoms with Gasteiger partial charge in [-0.15, -0.1) is 0 Å². The molecule has 16 heavy (non-hydrogen) atoms. The van der Waals surface area contributed by atoms with Crippen LogP contribution in [0.5, 0.6) is 0 Å². The van der Waals surface area contributed by atoms with E-state index in [0.29, 0.717) is 12.0 Å². The minimum absolute atomic E-state index is 0.503. The highest BCUT2D eigenvalue weighted by Gasteiger charge is 2.13. The van der Waals surface area contributed by atoms with Crippen LogP contribution in [0, 0.1) is 5.92 Å². The molecular formula is C13H23N3. The quantitative estimate of drug-likeness (QED) is 0.828. The van der Waals surface area contributed by atoms with Crippen LogP contribution in [0.1, 0.15) is 27.2 Å². The van der Waals surface area contributed by atoms with E-state index in [0.717, 1.165) is 17.9 Å². The predicted octanol–water partition coefficient (Wildman–Crippen LogP) is 2.99. The molecule has 1 atom stereocenters. The third-order valence-corrected chi connectivity index (χ3v) is 2.80. The SMILES string of the molecule is CCC(Nc1cccnc1N(C)C)C(C)C. The number of hydrogen-bond donors (Lipinski definition) is 1. The molecule has 0 saturated carbocycles. The van der Waals surface area contributed by atoms with Crippen LogP contribution < -0.4 is 10.2 Å². The molecule has 1 N–H and O–H groups in total. The minimum atomic E-state index is 0.503. The lowest BCUT2D eigenvalue weighted by Gasteiger charge is -2.25. The summed E-state index contributed by atoms with van der Waals surface area (Å²) in [4.78, 5) is 6.43. The standard InChI is InChI=1S/C13H23N3/c1-6-11(10(2)3)15-12-8-7-9-14-13(12)16(4)5/h7-11,15H,6H2,1-5H3. The van der Waals surface area contributed by atoms with Crippen molar-refractivity contribution in [3.63, 3.8) is 0 Å². The number of nitrogens with one attached hydrogen (secondary N) is 1. The first kappa shape index (κ1) is 12.8. The minimum Gasteiger partial charge on any atom is -0.379 e. The van der Waals surface area contributed by atoms with Crippen molar-refractivity contribution in [3.05, 3.63) is 18.3 Å². The zero-order valence-electron chi connectivity index (χ0n) is 11.0. The lowest BCUT2D eigenvalue weighted by molar-refractivity contribution is 0.511. The molecule has 0 amide bonds. The second kappa shape index (κ2) is 5.73. The predicted molar refractivity (Wildman–Crippen MR) is 71.1 cm³/mol. The Morgan fingerprint density at radius 3 is 2.56 bits per heavy atom. The van der Waals surface area contributed by atoms with E-state index in [1.807, 2.05) is 31.3 Å². The monoisotopic (exact) mass is 221 g/mol. The van der Waals surface area contributed by atoms with Gasteiger partial charge in [-0.25, -0.2) is 4.98 Å². The van der Waals surface area contributed by atoms with Crippen LogP contribution in [-0.4, -0.2) is 25.1 Å². The summed E-state index contributed by atoms with van der Waals surface area (Å²) in [5.74, 6) is 1.63. The van der Waals surface area contributed by atoms with Gasteiger partial charge in [0.15, 0.2) is 5.82 Å². The topological polar surface area (TPSA) is 28.2 Å². The van der Waals surface area contributed by atoms with Crippen molar-refractivity contribution in [2.75, 3.05) is 24.3 Å². The fraction of sp³-hybridized carbons (Fsp3) is 0.615. The van der Waals surface area contributed by atoms with Gasteiger partial charge in [0.05, 0.1) is 5.69 Å². The van der Waals surface area contributed by atoms with Crippen LogP contribution in [0.2, 0.25) is 0 Å². The second-order valence-electron chi connectivity index (χ2n) is 4.67. The van der Waals surface area contributed by atoms with Gasteiger partial charge in [-0.3, -0.25) is 0 Å². The maximum absolute atomic E-state index is 4.39. The normalized spacial score (nSPS) is 12.6. The van der Waals surface area contributed by atoms with Crippen molar-refractivity contribution >= 4 is 11.5 Å². The van der Waals surface area contributed by atoms with Gasteiger partial charge in [0.25, 0.3) is 0 Å². The van der Waals surface area contributed by atoms with Gasteiger partial charge in [0.2, 0.25) is 0 Å². The molecule has 0 aliphatic heterocycles. The van der Waals surface area contributed by atoms with E-state index in [1.165, 1.54) is 0 Å². The molecule has 0 aliphatic carbocycles. The van der Waals surface area contributed by atoms with Gasteiger partial charge in [-0.1, -0.05) is 20.8 Å². The molecule has 0 spiro atoms. The molecule has 3 heteroatoms. The number of nitrogens with zero attached hydrogens (tertiary/aromatic N) is 2. The Morgan fingerprint density at radius 2 is 2.06 bits per heavy atom. The van der Waals surface area contributed by atoms with Gasteiger partial charge >= 0.3 is 0 Å². The molecule has 0 aliphatic rings. The Hall–Kier alpha value is -1.25. The van der Waals surface area contributed by atoms with E-state index in [2.05, 4.69) is 37.1 Å². The smallest absolute Gasteiger partial charge is 0.151 e. The van der Waals surface area contributed by atoms with Gasteiger partial charge in [-0.05, 0) is 24.5 Å². The van der Waals surface area contributed by atoms with E-state index < -0.39 is 0 Å². The highest BCUT2D eigenvalue weighted by atomic mass is 15.2. The van der Waals surface area contributed by atoms with Crippen molar-refractivity contribution in [3.8, 4) is 0 Å². The van der Waals surface area contributed by atoms with Crippen LogP contribution in [0.4, 0.5) is 11.5 Å². The Kier molecular flexibility index (Phi) is 4.59. The second-order valence-corrected chi connectivity index (χ2v) is 4.67. The van der Waals surface area contributed by atoms with Crippen LogP contribution in [0.25, 0.3) is 0 Å². The average Bonchev–Trinajstić information content (AvgIpc) is 2.25. The summed E-state index contributed by atoms with van der Waals surface area (Å²) in [7, 11) is 4.04. The number of pyridine rings is 1. The Balaban J connectivity index is 2.87. The Labute approximate surface area is 98.9 Å². The maximum atomic E-state index is 4.39. The number of anilines is 2. The molecule has 0 radical (unpaired) electrons. The molecule has 0 bridgehead atoms. The van der Waals surface area contributed by atoms with Crippen molar-refractivity contribution in [2.45, 2.75) is 33.2 Å². The first-order valence-corrected chi connectivity index (χ1v) is 5.95. The largest absolute Gasteiger partial charge is 0.379 e. The van der Waals surface area contributed by atoms with Crippen LogP contribution in [-0.2, 0) is 0 Å². The molecule has 1 heterocycles. The number of rotatable bonds is 5. The van der Waals surface area contributed by atoms with Crippen molar-refractivity contribution in [2.24, 2.45) is 5.92 Å². The average molecular weight is 221 g/mol. The molecule has 0 aromatic carbocycles. The fourth-order valence-corrected chi connectivity index (χ4v) is 1.81. The van der Waals surface area contributed by atoms with Crippen LogP contribution in [0.15, 0.2) is 18.3 Å². The molecular weight excluding hydrogens is 198 g/mol. The molecule has 1 rings (SSSR count). The fourth-order valence-electron chi connectivity index (χ4n) is 1.81. The number of hydrogen-bond acceptors (Lipinski definition) is 3. The zero-order chi connectivity index (χ0) is 12.1. The first-order chi connectivity index (χ1) is 7.56. The summed E-state index contributed by atoms with van der Waals surface area (Å²) < 4.78 is 0. The number of aromatic nitrogens is 1. The van der Waals surface area contributed by atoms with E-state index in [1.54, 1.807) is 0 Å². The highest BCUT2D eigenvalue weighted by Crippen LogP contribution is 2.23. The van der Waals surface area contributed by atoms with Gasteiger partial charge in [-0.2, -0.15) is 0 Å². The lowest BCUT2D eigenvalue weighted by Crippen LogP contribution is -2.26. The molecule has 90 valence electrons. The van der Waals surface area contributed by atoms with Crippen molar-refractivity contribution < 1.29 is 0 Å². The summed E-state index contributed by atoms with van der Waals surface area (Å²) in [6, 6.07) is 4.57. The lowest BCUT2D eigenvalue weighted by atomic mass is 10.0. The summed E-state index contributed by atoms with van der Waals surface area (Å²) >= 11 is 0.